The molecule has 1 aromatic carbocycles. The van der Waals surface area contributed by atoms with E-state index in [0.717, 1.165) is 51.5 Å². The first kappa shape index (κ1) is 27.2. The Labute approximate surface area is 229 Å². The van der Waals surface area contributed by atoms with Crippen molar-refractivity contribution in [1.82, 2.24) is 20.1 Å². The van der Waals surface area contributed by atoms with Crippen LogP contribution in [0.5, 0.6) is 0 Å². The number of aryl methyl sites for hydroxylation is 1. The Morgan fingerprint density at radius 1 is 1.03 bits per heavy atom. The number of amides is 2. The maximum absolute atomic E-state index is 13.3. The average molecular weight is 542 g/mol. The van der Waals surface area contributed by atoms with Crippen molar-refractivity contribution >= 4 is 28.3 Å². The molecule has 0 radical (unpaired) electrons. The number of Topliss-reactive ketones (excluding diaryl/α,β-unsaturated/α-hetero) is 1. The molecule has 2 N–H and O–H groups in total. The number of thiazole rings is 1. The minimum atomic E-state index is -0.243. The van der Waals surface area contributed by atoms with Gasteiger partial charge in [0.2, 0.25) is 0 Å². The van der Waals surface area contributed by atoms with E-state index in [4.69, 9.17) is 0 Å². The van der Waals surface area contributed by atoms with E-state index in [1.807, 2.05) is 12.1 Å². The first-order valence-electron chi connectivity index (χ1n) is 14.1. The van der Waals surface area contributed by atoms with Crippen LogP contribution in [0.2, 0.25) is 0 Å². The standard InChI is InChI=1S/C29H40FN5O2S/c1-19-27(20(2)36)38-29(31-19)33-28(37)32-26-11-13-35(15-22-5-6-22)18-24(26)17-34-12-3-4-23(16-34)14-21-7-9-25(30)10-8-21/h7-10,22-24,26H,3-6,11-18H2,1-2H3,(H2,31,32,33,37)/t23-,24-,26+/m0/s1. The van der Waals surface area contributed by atoms with Gasteiger partial charge in [-0.25, -0.2) is 14.2 Å². The SMILES string of the molecule is CC(=O)c1sc(NC(=O)N[C@@H]2CCN(CC3CC3)C[C@@H]2CN2CCC[C@@H](Cc3ccc(F)cc3)C2)nc1C. The van der Waals surface area contributed by atoms with E-state index in [1.165, 1.54) is 56.1 Å². The molecule has 2 aliphatic heterocycles. The van der Waals surface area contributed by atoms with Gasteiger partial charge in [0.05, 0.1) is 10.6 Å². The van der Waals surface area contributed by atoms with Crippen molar-refractivity contribution in [3.8, 4) is 0 Å². The summed E-state index contributed by atoms with van der Waals surface area (Å²) in [6.45, 7) is 9.61. The Morgan fingerprint density at radius 2 is 1.79 bits per heavy atom. The van der Waals surface area contributed by atoms with Gasteiger partial charge in [-0.1, -0.05) is 23.5 Å². The number of halogens is 1. The molecule has 2 amide bonds. The second-order valence-corrected chi connectivity index (χ2v) is 12.5. The van der Waals surface area contributed by atoms with Gasteiger partial charge in [-0.05, 0) is 81.5 Å². The molecule has 1 saturated carbocycles. The van der Waals surface area contributed by atoms with Crippen LogP contribution in [0.4, 0.5) is 14.3 Å². The van der Waals surface area contributed by atoms with Gasteiger partial charge < -0.3 is 15.1 Å². The lowest BCUT2D eigenvalue weighted by Gasteiger charge is -2.42. The predicted octanol–water partition coefficient (Wildman–Crippen LogP) is 4.97. The smallest absolute Gasteiger partial charge is 0.321 e. The molecule has 2 aromatic rings. The van der Waals surface area contributed by atoms with Crippen molar-refractivity contribution in [3.05, 3.63) is 46.2 Å². The number of ketones is 1. The largest absolute Gasteiger partial charge is 0.335 e. The zero-order chi connectivity index (χ0) is 26.6. The Kier molecular flexibility index (Phi) is 8.75. The van der Waals surface area contributed by atoms with E-state index in [1.54, 1.807) is 19.1 Å². The number of nitrogens with zero attached hydrogens (tertiary/aromatic N) is 3. The van der Waals surface area contributed by atoms with Gasteiger partial charge in [0.25, 0.3) is 0 Å². The molecule has 3 heterocycles. The minimum absolute atomic E-state index is 0.0316. The lowest BCUT2D eigenvalue weighted by atomic mass is 9.88. The van der Waals surface area contributed by atoms with E-state index in [0.29, 0.717) is 27.5 Å². The molecule has 3 fully saturated rings. The molecule has 3 aliphatic rings. The number of likely N-dealkylation sites (tertiary alicyclic amines) is 2. The van der Waals surface area contributed by atoms with Crippen LogP contribution in [-0.2, 0) is 6.42 Å². The minimum Gasteiger partial charge on any atom is -0.335 e. The monoisotopic (exact) mass is 541 g/mol. The third kappa shape index (κ3) is 7.39. The Morgan fingerprint density at radius 3 is 2.50 bits per heavy atom. The van der Waals surface area contributed by atoms with Gasteiger partial charge in [0, 0.05) is 51.6 Å². The summed E-state index contributed by atoms with van der Waals surface area (Å²) < 4.78 is 13.3. The Bertz CT molecular complexity index is 1120. The fourth-order valence-corrected chi connectivity index (χ4v) is 7.02. The summed E-state index contributed by atoms with van der Waals surface area (Å²) in [7, 11) is 0. The summed E-state index contributed by atoms with van der Waals surface area (Å²) in [4.78, 5) is 34.9. The van der Waals surface area contributed by atoms with Crippen LogP contribution < -0.4 is 10.6 Å². The van der Waals surface area contributed by atoms with Crippen molar-refractivity contribution in [1.29, 1.82) is 0 Å². The van der Waals surface area contributed by atoms with Gasteiger partial charge in [0.1, 0.15) is 5.82 Å². The van der Waals surface area contributed by atoms with Crippen molar-refractivity contribution in [3.63, 3.8) is 0 Å². The molecule has 2 saturated heterocycles. The second kappa shape index (κ2) is 12.2. The van der Waals surface area contributed by atoms with Crippen molar-refractivity contribution in [2.45, 2.75) is 58.4 Å². The topological polar surface area (TPSA) is 77.6 Å². The lowest BCUT2D eigenvalue weighted by molar-refractivity contribution is 0.0830. The summed E-state index contributed by atoms with van der Waals surface area (Å²) in [5, 5.41) is 6.59. The molecule has 0 bridgehead atoms. The van der Waals surface area contributed by atoms with Gasteiger partial charge in [-0.2, -0.15) is 0 Å². The fourth-order valence-electron chi connectivity index (χ4n) is 6.16. The number of anilines is 1. The van der Waals surface area contributed by atoms with Crippen LogP contribution in [0.25, 0.3) is 0 Å². The molecule has 9 heteroatoms. The van der Waals surface area contributed by atoms with E-state index in [2.05, 4.69) is 25.4 Å². The number of hydrogen-bond acceptors (Lipinski definition) is 6. The van der Waals surface area contributed by atoms with Crippen LogP contribution in [0.1, 0.15) is 60.0 Å². The molecule has 5 rings (SSSR count). The highest BCUT2D eigenvalue weighted by Crippen LogP contribution is 2.32. The number of piperidine rings is 2. The third-order valence-electron chi connectivity index (χ3n) is 8.22. The van der Waals surface area contributed by atoms with Crippen LogP contribution in [-0.4, -0.2) is 71.9 Å². The number of aromatic nitrogens is 1. The van der Waals surface area contributed by atoms with Crippen molar-refractivity contribution < 1.29 is 14.0 Å². The maximum atomic E-state index is 13.3. The van der Waals surface area contributed by atoms with Gasteiger partial charge in [-0.3, -0.25) is 10.1 Å². The quantitative estimate of drug-likeness (QED) is 0.439. The van der Waals surface area contributed by atoms with Crippen molar-refractivity contribution in [2.75, 3.05) is 44.6 Å². The number of urea groups is 1. The zero-order valence-electron chi connectivity index (χ0n) is 22.5. The first-order chi connectivity index (χ1) is 18.3. The first-order valence-corrected chi connectivity index (χ1v) is 14.9. The van der Waals surface area contributed by atoms with E-state index in [9.17, 15) is 14.0 Å². The average Bonchev–Trinajstić information content (AvgIpc) is 3.61. The molecule has 206 valence electrons. The highest BCUT2D eigenvalue weighted by atomic mass is 32.1. The molecule has 7 nitrogen and oxygen atoms in total. The van der Waals surface area contributed by atoms with Gasteiger partial charge in [-0.15, -0.1) is 0 Å². The third-order valence-corrected chi connectivity index (χ3v) is 9.39. The predicted molar refractivity (Wildman–Crippen MR) is 149 cm³/mol. The van der Waals surface area contributed by atoms with E-state index < -0.39 is 0 Å². The number of benzene rings is 1. The van der Waals surface area contributed by atoms with Crippen LogP contribution in [0.3, 0.4) is 0 Å². The Hall–Kier alpha value is -2.36. The van der Waals surface area contributed by atoms with Crippen molar-refractivity contribution in [2.24, 2.45) is 17.8 Å². The van der Waals surface area contributed by atoms with E-state index in [-0.39, 0.29) is 23.7 Å². The van der Waals surface area contributed by atoms with Crippen LogP contribution >= 0.6 is 11.3 Å². The number of carbonyl (C=O) groups is 2. The summed E-state index contributed by atoms with van der Waals surface area (Å²) in [5.74, 6) is 1.55. The van der Waals surface area contributed by atoms with Crippen LogP contribution in [0.15, 0.2) is 24.3 Å². The number of carbonyl (C=O) groups excluding carboxylic acids is 2. The summed E-state index contributed by atoms with van der Waals surface area (Å²) in [6.07, 6.45) is 6.98. The molecular formula is C29H40FN5O2S. The molecule has 0 spiro atoms. The normalized spacial score (nSPS) is 24.8. The number of rotatable bonds is 9. The highest BCUT2D eigenvalue weighted by Gasteiger charge is 2.35. The van der Waals surface area contributed by atoms with Gasteiger partial charge >= 0.3 is 6.03 Å². The maximum Gasteiger partial charge on any atom is 0.321 e. The molecule has 0 unspecified atom stereocenters. The summed E-state index contributed by atoms with van der Waals surface area (Å²) in [6, 6.07) is 6.78. The molecule has 38 heavy (non-hydrogen) atoms. The fraction of sp³-hybridized carbons (Fsp3) is 0.621. The molecule has 1 aromatic heterocycles. The highest BCUT2D eigenvalue weighted by molar-refractivity contribution is 7.17. The summed E-state index contributed by atoms with van der Waals surface area (Å²) in [5.41, 5.74) is 1.86. The zero-order valence-corrected chi connectivity index (χ0v) is 23.4. The van der Waals surface area contributed by atoms with E-state index >= 15 is 0 Å². The lowest BCUT2D eigenvalue weighted by Crippen LogP contribution is -2.55. The number of nitrogens with one attached hydrogen (secondary N) is 2. The molecular weight excluding hydrogens is 501 g/mol. The Balaban J connectivity index is 1.20. The molecule has 1 aliphatic carbocycles. The number of hydrogen-bond donors (Lipinski definition) is 2. The summed E-state index contributed by atoms with van der Waals surface area (Å²) >= 11 is 1.23. The molecule has 3 atom stereocenters. The second-order valence-electron chi connectivity index (χ2n) is 11.5. The van der Waals surface area contributed by atoms with Gasteiger partial charge in [0.15, 0.2) is 10.9 Å². The van der Waals surface area contributed by atoms with Crippen LogP contribution in [0, 0.1) is 30.5 Å².